The lowest BCUT2D eigenvalue weighted by Crippen LogP contribution is -2.50. The lowest BCUT2D eigenvalue weighted by Gasteiger charge is -2.23. The van der Waals surface area contributed by atoms with Crippen LogP contribution in [0.5, 0.6) is 0 Å². The summed E-state index contributed by atoms with van der Waals surface area (Å²) in [5, 5.41) is 15.0. The first-order valence-electron chi connectivity index (χ1n) is 8.59. The van der Waals surface area contributed by atoms with Crippen LogP contribution in [0.15, 0.2) is 30.3 Å². The highest BCUT2D eigenvalue weighted by Crippen LogP contribution is 2.35. The van der Waals surface area contributed by atoms with E-state index in [9.17, 15) is 14.7 Å². The van der Waals surface area contributed by atoms with Crippen LogP contribution in [0.4, 0.5) is 0 Å². The fourth-order valence-electron chi connectivity index (χ4n) is 3.25. The van der Waals surface area contributed by atoms with Crippen molar-refractivity contribution in [1.29, 1.82) is 0 Å². The van der Waals surface area contributed by atoms with Gasteiger partial charge in [0.1, 0.15) is 31.4 Å². The van der Waals surface area contributed by atoms with Crippen LogP contribution in [0.25, 0.3) is 0 Å². The van der Waals surface area contributed by atoms with Crippen LogP contribution in [-0.4, -0.2) is 60.2 Å². The number of amides is 1. The number of benzene rings is 1. The molecular weight excluding hydrogens is 340 g/mol. The number of aliphatic hydroxyl groups excluding tert-OH is 1. The topological polar surface area (TPSA) is 106 Å². The summed E-state index contributed by atoms with van der Waals surface area (Å²) in [6.45, 7) is 3.25. The molecule has 0 saturated carbocycles. The molecule has 142 valence electrons. The molecule has 8 nitrogen and oxygen atoms in total. The van der Waals surface area contributed by atoms with E-state index in [1.807, 2.05) is 30.3 Å². The Kier molecular flexibility index (Phi) is 5.57. The molecule has 2 aliphatic rings. The Morgan fingerprint density at radius 3 is 2.62 bits per heavy atom. The largest absolute Gasteiger partial charge is 0.460 e. The van der Waals surface area contributed by atoms with E-state index in [-0.39, 0.29) is 19.8 Å². The van der Waals surface area contributed by atoms with Gasteiger partial charge in [-0.1, -0.05) is 30.3 Å². The Labute approximate surface area is 151 Å². The number of aliphatic hydroxyl groups is 1. The number of esters is 1. The summed E-state index contributed by atoms with van der Waals surface area (Å²) in [6, 6.07) is 8.18. The molecule has 1 aromatic rings. The van der Waals surface area contributed by atoms with Gasteiger partial charge in [0.15, 0.2) is 5.79 Å². The van der Waals surface area contributed by atoms with Gasteiger partial charge < -0.3 is 24.6 Å². The molecule has 2 aliphatic heterocycles. The number of hydrogen-bond donors (Lipinski definition) is 3. The lowest BCUT2D eigenvalue weighted by molar-refractivity contribution is -0.160. The van der Waals surface area contributed by atoms with E-state index in [0.717, 1.165) is 5.56 Å². The van der Waals surface area contributed by atoms with Gasteiger partial charge in [0.25, 0.3) is 0 Å². The van der Waals surface area contributed by atoms with Gasteiger partial charge in [-0.3, -0.25) is 14.9 Å². The van der Waals surface area contributed by atoms with E-state index >= 15 is 0 Å². The van der Waals surface area contributed by atoms with E-state index < -0.39 is 42.0 Å². The van der Waals surface area contributed by atoms with Crippen molar-refractivity contribution >= 4 is 11.9 Å². The minimum Gasteiger partial charge on any atom is -0.460 e. The average molecular weight is 364 g/mol. The third kappa shape index (κ3) is 4.21. The highest BCUT2D eigenvalue weighted by Gasteiger charge is 2.55. The average Bonchev–Trinajstić information content (AvgIpc) is 3.11. The molecule has 0 spiro atoms. The molecule has 4 atom stereocenters. The number of fused-ring (bicyclic) bond motifs is 1. The van der Waals surface area contributed by atoms with E-state index in [1.54, 1.807) is 13.8 Å². The molecule has 8 heteroatoms. The minimum absolute atomic E-state index is 0.152. The van der Waals surface area contributed by atoms with Crippen LogP contribution in [-0.2, 0) is 30.4 Å². The second-order valence-electron chi connectivity index (χ2n) is 6.86. The van der Waals surface area contributed by atoms with Crippen molar-refractivity contribution in [3.63, 3.8) is 0 Å². The zero-order valence-electron chi connectivity index (χ0n) is 14.8. The quantitative estimate of drug-likeness (QED) is 0.595. The molecular formula is C18H24N2O6. The number of hydrogen-bond acceptors (Lipinski definition) is 7. The third-order valence-corrected chi connectivity index (χ3v) is 4.41. The molecule has 1 amide bonds. The van der Waals surface area contributed by atoms with Crippen molar-refractivity contribution in [1.82, 2.24) is 10.6 Å². The molecule has 2 heterocycles. The molecule has 1 aromatic carbocycles. The molecule has 3 N–H and O–H groups in total. The van der Waals surface area contributed by atoms with Crippen molar-refractivity contribution < 1.29 is 28.9 Å². The van der Waals surface area contributed by atoms with Crippen LogP contribution in [0.3, 0.4) is 0 Å². The van der Waals surface area contributed by atoms with Gasteiger partial charge in [-0.05, 0) is 19.4 Å². The summed E-state index contributed by atoms with van der Waals surface area (Å²) >= 11 is 0. The first kappa shape index (κ1) is 18.8. The summed E-state index contributed by atoms with van der Waals surface area (Å²) in [5.41, 5.74) is 0.872. The van der Waals surface area contributed by atoms with Crippen molar-refractivity contribution in [2.24, 2.45) is 0 Å². The minimum atomic E-state index is -0.821. The number of carbonyl (C=O) groups excluding carboxylic acids is 2. The van der Waals surface area contributed by atoms with E-state index in [2.05, 4.69) is 10.6 Å². The fourth-order valence-corrected chi connectivity index (χ4v) is 3.25. The van der Waals surface area contributed by atoms with E-state index in [1.165, 1.54) is 0 Å². The van der Waals surface area contributed by atoms with Gasteiger partial charge in [0, 0.05) is 0 Å². The maximum absolute atomic E-state index is 12.4. The van der Waals surface area contributed by atoms with Gasteiger partial charge in [0.2, 0.25) is 5.91 Å². The summed E-state index contributed by atoms with van der Waals surface area (Å²) in [7, 11) is 0. The Morgan fingerprint density at radius 2 is 1.92 bits per heavy atom. The van der Waals surface area contributed by atoms with Crippen LogP contribution in [0.1, 0.15) is 19.4 Å². The molecule has 2 fully saturated rings. The van der Waals surface area contributed by atoms with Crippen LogP contribution >= 0.6 is 0 Å². The van der Waals surface area contributed by atoms with Crippen LogP contribution in [0.2, 0.25) is 0 Å². The second kappa shape index (κ2) is 7.71. The summed E-state index contributed by atoms with van der Waals surface area (Å²) in [5.74, 6) is -1.74. The number of rotatable bonds is 6. The number of carbonyl (C=O) groups is 2. The summed E-state index contributed by atoms with van der Waals surface area (Å²) < 4.78 is 16.7. The Balaban J connectivity index is 1.49. The standard InChI is InChI=1S/C18H24N2O6/c1-18(2)25-15-12(9-21)20-14(16(15)26-18)17(23)19-8-13(22)24-10-11-6-4-3-5-7-11/h3-7,12,14-16,20-21H,8-10H2,1-2H3,(H,19,23)/t12-,14-,15-,16+/m0/s1. The van der Waals surface area contributed by atoms with Crippen molar-refractivity contribution in [3.05, 3.63) is 35.9 Å². The van der Waals surface area contributed by atoms with Crippen LogP contribution in [0, 0.1) is 0 Å². The Bertz CT molecular complexity index is 650. The molecule has 0 bridgehead atoms. The molecule has 0 unspecified atom stereocenters. The zero-order chi connectivity index (χ0) is 18.7. The summed E-state index contributed by atoms with van der Waals surface area (Å²) in [4.78, 5) is 24.3. The molecule has 0 aromatic heterocycles. The van der Waals surface area contributed by atoms with Crippen LogP contribution < -0.4 is 10.6 Å². The first-order chi connectivity index (χ1) is 12.4. The Morgan fingerprint density at radius 1 is 1.23 bits per heavy atom. The zero-order valence-corrected chi connectivity index (χ0v) is 14.8. The maximum Gasteiger partial charge on any atom is 0.325 e. The molecule has 3 rings (SSSR count). The van der Waals surface area contributed by atoms with E-state index in [4.69, 9.17) is 14.2 Å². The maximum atomic E-state index is 12.4. The third-order valence-electron chi connectivity index (χ3n) is 4.41. The number of ether oxygens (including phenoxy) is 3. The molecule has 2 saturated heterocycles. The second-order valence-corrected chi connectivity index (χ2v) is 6.86. The molecule has 0 radical (unpaired) electrons. The smallest absolute Gasteiger partial charge is 0.325 e. The number of nitrogens with one attached hydrogen (secondary N) is 2. The lowest BCUT2D eigenvalue weighted by atomic mass is 10.1. The van der Waals surface area contributed by atoms with Crippen molar-refractivity contribution in [2.45, 2.75) is 50.5 Å². The first-order valence-corrected chi connectivity index (χ1v) is 8.59. The monoisotopic (exact) mass is 364 g/mol. The fraction of sp³-hybridized carbons (Fsp3) is 0.556. The van der Waals surface area contributed by atoms with Gasteiger partial charge in [-0.25, -0.2) is 0 Å². The molecule has 26 heavy (non-hydrogen) atoms. The van der Waals surface area contributed by atoms with Crippen molar-refractivity contribution in [2.75, 3.05) is 13.2 Å². The van der Waals surface area contributed by atoms with Gasteiger partial charge in [-0.15, -0.1) is 0 Å². The SMILES string of the molecule is CC1(C)O[C@@H]2[C@H](O1)[C@@H](C(=O)NCC(=O)OCc1ccccc1)N[C@H]2CO. The van der Waals surface area contributed by atoms with Gasteiger partial charge in [0.05, 0.1) is 12.6 Å². The normalized spacial score (nSPS) is 29.2. The highest BCUT2D eigenvalue weighted by atomic mass is 16.8. The summed E-state index contributed by atoms with van der Waals surface area (Å²) in [6.07, 6.45) is -0.946. The van der Waals surface area contributed by atoms with Crippen molar-refractivity contribution in [3.8, 4) is 0 Å². The predicted octanol–water partition coefficient (Wildman–Crippen LogP) is -0.301. The van der Waals surface area contributed by atoms with Gasteiger partial charge in [-0.2, -0.15) is 0 Å². The van der Waals surface area contributed by atoms with Gasteiger partial charge >= 0.3 is 5.97 Å². The highest BCUT2D eigenvalue weighted by molar-refractivity contribution is 5.86. The Hall–Kier alpha value is -2.00. The predicted molar refractivity (Wildman–Crippen MR) is 90.9 cm³/mol. The molecule has 0 aliphatic carbocycles. The van der Waals surface area contributed by atoms with E-state index in [0.29, 0.717) is 0 Å².